The van der Waals surface area contributed by atoms with Gasteiger partial charge in [0.25, 0.3) is 0 Å². The van der Waals surface area contributed by atoms with Crippen molar-refractivity contribution in [3.63, 3.8) is 0 Å². The molecule has 7 heteroatoms. The summed E-state index contributed by atoms with van der Waals surface area (Å²) in [5.41, 5.74) is 5.34. The fourth-order valence-electron chi connectivity index (χ4n) is 2.47. The molecule has 0 amide bonds. The highest BCUT2D eigenvalue weighted by Crippen LogP contribution is 2.34. The fraction of sp³-hybridized carbons (Fsp3) is 0.500. The van der Waals surface area contributed by atoms with Gasteiger partial charge in [-0.1, -0.05) is 11.6 Å². The number of oxime groups is 1. The van der Waals surface area contributed by atoms with Crippen LogP contribution in [0.1, 0.15) is 30.4 Å². The van der Waals surface area contributed by atoms with Gasteiger partial charge in [-0.05, 0) is 37.0 Å². The molecule has 0 aliphatic heterocycles. The molecule has 2 rings (SSSR count). The van der Waals surface area contributed by atoms with Gasteiger partial charge in [0.05, 0.1) is 5.56 Å². The molecule has 21 heavy (non-hydrogen) atoms. The lowest BCUT2D eigenvalue weighted by molar-refractivity contribution is -0.137. The van der Waals surface area contributed by atoms with Gasteiger partial charge in [-0.25, -0.2) is 0 Å². The van der Waals surface area contributed by atoms with Crippen LogP contribution < -0.4 is 10.6 Å². The minimum absolute atomic E-state index is 0.0918. The minimum atomic E-state index is -4.46. The van der Waals surface area contributed by atoms with Crippen LogP contribution in [0.5, 0.6) is 0 Å². The zero-order chi connectivity index (χ0) is 15.6. The first-order valence-corrected chi connectivity index (χ1v) is 6.73. The van der Waals surface area contributed by atoms with Crippen molar-refractivity contribution in [1.82, 2.24) is 0 Å². The quantitative estimate of drug-likeness (QED) is 0.389. The van der Waals surface area contributed by atoms with E-state index in [1.165, 1.54) is 12.5 Å². The first-order valence-electron chi connectivity index (χ1n) is 6.73. The SMILES string of the molecule is CN(CC1CCC1)c1ccc(C(F)(F)F)cc1C(N)=NO. The molecule has 3 N–H and O–H groups in total. The van der Waals surface area contributed by atoms with Gasteiger partial charge in [-0.15, -0.1) is 0 Å². The van der Waals surface area contributed by atoms with Crippen LogP contribution in [0.3, 0.4) is 0 Å². The average Bonchev–Trinajstić information content (AvgIpc) is 2.40. The van der Waals surface area contributed by atoms with Crippen LogP contribution in [0.15, 0.2) is 23.4 Å². The second-order valence-corrected chi connectivity index (χ2v) is 5.39. The van der Waals surface area contributed by atoms with Crippen LogP contribution in [0.25, 0.3) is 0 Å². The molecule has 1 saturated carbocycles. The van der Waals surface area contributed by atoms with E-state index in [4.69, 9.17) is 10.9 Å². The molecule has 0 atom stereocenters. The van der Waals surface area contributed by atoms with E-state index in [-0.39, 0.29) is 11.4 Å². The van der Waals surface area contributed by atoms with Crippen molar-refractivity contribution >= 4 is 11.5 Å². The van der Waals surface area contributed by atoms with E-state index >= 15 is 0 Å². The molecule has 4 nitrogen and oxygen atoms in total. The fourth-order valence-corrected chi connectivity index (χ4v) is 2.47. The Kier molecular flexibility index (Phi) is 4.29. The first-order chi connectivity index (χ1) is 9.82. The highest BCUT2D eigenvalue weighted by Gasteiger charge is 2.32. The Bertz CT molecular complexity index is 539. The number of hydrogen-bond donors (Lipinski definition) is 2. The van der Waals surface area contributed by atoms with Gasteiger partial charge in [0.15, 0.2) is 5.84 Å². The highest BCUT2D eigenvalue weighted by molar-refractivity contribution is 6.02. The lowest BCUT2D eigenvalue weighted by atomic mass is 9.85. The number of benzene rings is 1. The lowest BCUT2D eigenvalue weighted by Crippen LogP contribution is -2.31. The normalized spacial score (nSPS) is 16.7. The molecule has 1 aromatic carbocycles. The number of nitrogens with zero attached hydrogens (tertiary/aromatic N) is 2. The van der Waals surface area contributed by atoms with Crippen LogP contribution in [-0.2, 0) is 6.18 Å². The predicted molar refractivity (Wildman–Crippen MR) is 74.6 cm³/mol. The van der Waals surface area contributed by atoms with Gasteiger partial charge in [0, 0.05) is 24.8 Å². The Hall–Kier alpha value is -1.92. The summed E-state index contributed by atoms with van der Waals surface area (Å²) in [6.45, 7) is 0.747. The molecule has 1 aliphatic carbocycles. The van der Waals surface area contributed by atoms with Gasteiger partial charge >= 0.3 is 6.18 Å². The summed E-state index contributed by atoms with van der Waals surface area (Å²) in [7, 11) is 1.80. The summed E-state index contributed by atoms with van der Waals surface area (Å²) in [5.74, 6) is 0.231. The van der Waals surface area contributed by atoms with Crippen molar-refractivity contribution in [1.29, 1.82) is 0 Å². The summed E-state index contributed by atoms with van der Waals surface area (Å²) < 4.78 is 38.4. The Morgan fingerprint density at radius 2 is 2.10 bits per heavy atom. The largest absolute Gasteiger partial charge is 0.416 e. The van der Waals surface area contributed by atoms with Crippen molar-refractivity contribution < 1.29 is 18.4 Å². The smallest absolute Gasteiger partial charge is 0.409 e. The Balaban J connectivity index is 2.34. The van der Waals surface area contributed by atoms with Gasteiger partial charge < -0.3 is 15.8 Å². The molecule has 0 radical (unpaired) electrons. The predicted octanol–water partition coefficient (Wildman–Crippen LogP) is 3.04. The molecule has 1 aromatic rings. The molecule has 0 heterocycles. The van der Waals surface area contributed by atoms with Crippen LogP contribution in [0.4, 0.5) is 18.9 Å². The standard InChI is InChI=1S/C14H18F3N3O/c1-20(8-9-3-2-4-9)12-6-5-10(14(15,16)17)7-11(12)13(18)19-21/h5-7,9,21H,2-4,8H2,1H3,(H2,18,19). The number of nitrogens with two attached hydrogens (primary N) is 1. The zero-order valence-corrected chi connectivity index (χ0v) is 11.7. The molecular weight excluding hydrogens is 283 g/mol. The van der Waals surface area contributed by atoms with Crippen LogP contribution in [-0.4, -0.2) is 24.6 Å². The van der Waals surface area contributed by atoms with Crippen molar-refractivity contribution in [3.05, 3.63) is 29.3 Å². The number of anilines is 1. The summed E-state index contributed by atoms with van der Waals surface area (Å²) >= 11 is 0. The third-order valence-electron chi connectivity index (χ3n) is 3.88. The summed E-state index contributed by atoms with van der Waals surface area (Å²) in [6.07, 6.45) is -1.01. The number of amidine groups is 1. The number of hydrogen-bond acceptors (Lipinski definition) is 3. The maximum atomic E-state index is 12.8. The molecule has 1 fully saturated rings. The van der Waals surface area contributed by atoms with E-state index in [0.717, 1.165) is 31.5 Å². The summed E-state index contributed by atoms with van der Waals surface area (Å²) in [4.78, 5) is 1.86. The maximum Gasteiger partial charge on any atom is 0.416 e. The molecular formula is C14H18F3N3O. The van der Waals surface area contributed by atoms with Crippen molar-refractivity contribution in [2.75, 3.05) is 18.5 Å². The molecule has 116 valence electrons. The molecule has 0 unspecified atom stereocenters. The Morgan fingerprint density at radius 1 is 1.43 bits per heavy atom. The van der Waals surface area contributed by atoms with E-state index in [0.29, 0.717) is 11.6 Å². The van der Waals surface area contributed by atoms with Crippen LogP contribution in [0.2, 0.25) is 0 Å². The molecule has 0 aromatic heterocycles. The summed E-state index contributed by atoms with van der Waals surface area (Å²) in [5, 5.41) is 11.6. The second-order valence-electron chi connectivity index (χ2n) is 5.39. The summed E-state index contributed by atoms with van der Waals surface area (Å²) in [6, 6.07) is 3.30. The van der Waals surface area contributed by atoms with E-state index in [1.807, 2.05) is 4.90 Å². The van der Waals surface area contributed by atoms with Crippen molar-refractivity contribution in [2.45, 2.75) is 25.4 Å². The first kappa shape index (κ1) is 15.5. The topological polar surface area (TPSA) is 61.8 Å². The number of halogens is 3. The Labute approximate surface area is 121 Å². The third kappa shape index (κ3) is 3.40. The van der Waals surface area contributed by atoms with Gasteiger partial charge in [-0.2, -0.15) is 13.2 Å². The van der Waals surface area contributed by atoms with Gasteiger partial charge in [-0.3, -0.25) is 0 Å². The number of rotatable bonds is 4. The van der Waals surface area contributed by atoms with E-state index < -0.39 is 11.7 Å². The molecule has 1 aliphatic rings. The average molecular weight is 301 g/mol. The maximum absolute atomic E-state index is 12.8. The highest BCUT2D eigenvalue weighted by atomic mass is 19.4. The van der Waals surface area contributed by atoms with Crippen molar-refractivity contribution in [3.8, 4) is 0 Å². The Morgan fingerprint density at radius 3 is 2.57 bits per heavy atom. The molecule has 0 spiro atoms. The van der Waals surface area contributed by atoms with E-state index in [9.17, 15) is 13.2 Å². The van der Waals surface area contributed by atoms with Crippen LogP contribution >= 0.6 is 0 Å². The monoisotopic (exact) mass is 301 g/mol. The van der Waals surface area contributed by atoms with E-state index in [1.54, 1.807) is 7.05 Å². The third-order valence-corrected chi connectivity index (χ3v) is 3.88. The minimum Gasteiger partial charge on any atom is -0.409 e. The molecule has 0 bridgehead atoms. The van der Waals surface area contributed by atoms with Gasteiger partial charge in [0.2, 0.25) is 0 Å². The van der Waals surface area contributed by atoms with Crippen molar-refractivity contribution in [2.24, 2.45) is 16.8 Å². The molecule has 0 saturated heterocycles. The number of alkyl halides is 3. The lowest BCUT2D eigenvalue weighted by Gasteiger charge is -2.32. The second kappa shape index (κ2) is 5.83. The van der Waals surface area contributed by atoms with Crippen LogP contribution in [0, 0.1) is 5.92 Å². The van der Waals surface area contributed by atoms with E-state index in [2.05, 4.69) is 5.16 Å². The zero-order valence-electron chi connectivity index (χ0n) is 11.7. The van der Waals surface area contributed by atoms with Gasteiger partial charge in [0.1, 0.15) is 0 Å².